The fourth-order valence-corrected chi connectivity index (χ4v) is 2.47. The maximum atomic E-state index is 12.8. The van der Waals surface area contributed by atoms with Gasteiger partial charge in [0.05, 0.1) is 7.11 Å². The highest BCUT2D eigenvalue weighted by Crippen LogP contribution is 2.22. The second kappa shape index (κ2) is 6.66. The smallest absolute Gasteiger partial charge is 0.467 e. The predicted molar refractivity (Wildman–Crippen MR) is 77.4 cm³/mol. The van der Waals surface area contributed by atoms with Crippen molar-refractivity contribution in [3.8, 4) is 0 Å². The summed E-state index contributed by atoms with van der Waals surface area (Å²) in [4.78, 5) is 3.35. The maximum Gasteiger partial charge on any atom is 0.467 e. The van der Waals surface area contributed by atoms with E-state index in [2.05, 4.69) is 4.99 Å². The lowest BCUT2D eigenvalue weighted by Gasteiger charge is -2.22. The zero-order valence-corrected chi connectivity index (χ0v) is 14.9. The molecular formula is C11H22F3NO3Si2. The van der Waals surface area contributed by atoms with Crippen molar-refractivity contribution in [2.45, 2.75) is 45.5 Å². The van der Waals surface area contributed by atoms with Gasteiger partial charge in [0.2, 0.25) is 16.6 Å². The fraction of sp³-hybridized carbons (Fsp3) is 0.727. The lowest BCUT2D eigenvalue weighted by atomic mass is 10.6. The van der Waals surface area contributed by atoms with E-state index in [0.717, 1.165) is 6.20 Å². The van der Waals surface area contributed by atoms with E-state index in [1.807, 2.05) is 19.6 Å². The zero-order valence-electron chi connectivity index (χ0n) is 12.9. The van der Waals surface area contributed by atoms with E-state index in [4.69, 9.17) is 13.6 Å². The minimum atomic E-state index is -4.64. The average molecular weight is 329 g/mol. The van der Waals surface area contributed by atoms with Gasteiger partial charge in [-0.25, -0.2) is 4.99 Å². The summed E-state index contributed by atoms with van der Waals surface area (Å²) in [5.74, 6) is -1.32. The molecule has 0 fully saturated rings. The number of ether oxygens (including phenoxy) is 1. The Bertz CT molecular complexity index is 382. The van der Waals surface area contributed by atoms with Crippen LogP contribution in [-0.2, 0) is 13.6 Å². The Morgan fingerprint density at radius 3 is 1.70 bits per heavy atom. The van der Waals surface area contributed by atoms with Crippen LogP contribution in [0.25, 0.3) is 0 Å². The lowest BCUT2D eigenvalue weighted by molar-refractivity contribution is -0.0715. The Morgan fingerprint density at radius 2 is 1.40 bits per heavy atom. The van der Waals surface area contributed by atoms with Crippen molar-refractivity contribution < 1.29 is 26.8 Å². The van der Waals surface area contributed by atoms with Crippen LogP contribution in [0.3, 0.4) is 0 Å². The molecular weight excluding hydrogens is 307 g/mol. The monoisotopic (exact) mass is 329 g/mol. The molecule has 0 unspecified atom stereocenters. The van der Waals surface area contributed by atoms with Gasteiger partial charge >= 0.3 is 6.18 Å². The van der Waals surface area contributed by atoms with E-state index in [0.29, 0.717) is 0 Å². The van der Waals surface area contributed by atoms with Crippen LogP contribution in [0.1, 0.15) is 0 Å². The fourth-order valence-electron chi connectivity index (χ4n) is 0.981. The Morgan fingerprint density at radius 1 is 0.950 bits per heavy atom. The molecule has 0 aromatic carbocycles. The summed E-state index contributed by atoms with van der Waals surface area (Å²) >= 11 is 0. The minimum Gasteiger partial charge on any atom is -0.528 e. The number of aliphatic imine (C=N–C) groups is 1. The molecule has 0 spiro atoms. The van der Waals surface area contributed by atoms with Gasteiger partial charge in [-0.1, -0.05) is 0 Å². The molecule has 4 nitrogen and oxygen atoms in total. The molecule has 0 aliphatic rings. The Kier molecular flexibility index (Phi) is 6.34. The van der Waals surface area contributed by atoms with E-state index < -0.39 is 28.7 Å². The number of alkyl halides is 3. The average Bonchev–Trinajstić information content (AvgIpc) is 2.17. The number of halogens is 3. The SMILES string of the molecule is CO/C(=C/N=C(O[Si](C)(C)C)C(F)(F)F)O[Si](C)(C)C. The first-order chi connectivity index (χ1) is 8.74. The van der Waals surface area contributed by atoms with Crippen LogP contribution in [0.2, 0.25) is 39.3 Å². The van der Waals surface area contributed by atoms with Gasteiger partial charge in [0.15, 0.2) is 0 Å². The minimum absolute atomic E-state index is 0.0508. The molecule has 9 heteroatoms. The van der Waals surface area contributed by atoms with Crippen molar-refractivity contribution in [1.29, 1.82) is 0 Å². The molecule has 0 heterocycles. The molecule has 0 bridgehead atoms. The van der Waals surface area contributed by atoms with E-state index in [9.17, 15) is 13.2 Å². The van der Waals surface area contributed by atoms with E-state index >= 15 is 0 Å². The molecule has 0 aromatic rings. The third-order valence-corrected chi connectivity index (χ3v) is 3.16. The number of rotatable bonds is 5. The third kappa shape index (κ3) is 9.02. The predicted octanol–water partition coefficient (Wildman–Crippen LogP) is 4.10. The Labute approximate surface area is 119 Å². The molecule has 20 heavy (non-hydrogen) atoms. The first-order valence-corrected chi connectivity index (χ1v) is 12.8. The van der Waals surface area contributed by atoms with Gasteiger partial charge in [0.1, 0.15) is 6.20 Å². The van der Waals surface area contributed by atoms with Gasteiger partial charge in [0, 0.05) is 0 Å². The topological polar surface area (TPSA) is 40.0 Å². The quantitative estimate of drug-likeness (QED) is 0.330. The Hall–Kier alpha value is -0.966. The highest BCUT2D eigenvalue weighted by Gasteiger charge is 2.40. The van der Waals surface area contributed by atoms with Crippen LogP contribution < -0.4 is 0 Å². The van der Waals surface area contributed by atoms with Crippen LogP contribution in [0.4, 0.5) is 13.2 Å². The summed E-state index contributed by atoms with van der Waals surface area (Å²) in [6.45, 7) is 10.6. The molecule has 0 amide bonds. The number of hydrogen-bond acceptors (Lipinski definition) is 4. The molecule has 0 radical (unpaired) electrons. The van der Waals surface area contributed by atoms with Crippen LogP contribution in [-0.4, -0.2) is 35.8 Å². The molecule has 0 saturated carbocycles. The molecule has 0 aliphatic carbocycles. The van der Waals surface area contributed by atoms with Crippen molar-refractivity contribution in [1.82, 2.24) is 0 Å². The van der Waals surface area contributed by atoms with Gasteiger partial charge in [0.25, 0.3) is 11.8 Å². The van der Waals surface area contributed by atoms with Gasteiger partial charge in [-0.05, 0) is 39.3 Å². The number of nitrogens with zero attached hydrogens (tertiary/aromatic N) is 1. The largest absolute Gasteiger partial charge is 0.528 e. The molecule has 0 N–H and O–H groups in total. The molecule has 0 atom stereocenters. The van der Waals surface area contributed by atoms with E-state index in [1.165, 1.54) is 7.11 Å². The summed E-state index contributed by atoms with van der Waals surface area (Å²) < 4.78 is 53.7. The third-order valence-electron chi connectivity index (χ3n) is 1.54. The van der Waals surface area contributed by atoms with Crippen molar-refractivity contribution in [2.75, 3.05) is 7.11 Å². The van der Waals surface area contributed by atoms with E-state index in [1.54, 1.807) is 19.6 Å². The second-order valence-corrected chi connectivity index (χ2v) is 14.9. The van der Waals surface area contributed by atoms with Crippen molar-refractivity contribution in [3.63, 3.8) is 0 Å². The first kappa shape index (κ1) is 19.0. The van der Waals surface area contributed by atoms with Crippen molar-refractivity contribution in [3.05, 3.63) is 12.1 Å². The van der Waals surface area contributed by atoms with Gasteiger partial charge in [-0.15, -0.1) is 0 Å². The van der Waals surface area contributed by atoms with Crippen molar-refractivity contribution >= 4 is 22.5 Å². The van der Waals surface area contributed by atoms with Gasteiger partial charge < -0.3 is 13.6 Å². The Balaban J connectivity index is 5.26. The van der Waals surface area contributed by atoms with Crippen LogP contribution in [0.5, 0.6) is 0 Å². The number of hydrogen-bond donors (Lipinski definition) is 0. The summed E-state index contributed by atoms with van der Waals surface area (Å²) in [5.41, 5.74) is 0. The zero-order chi connectivity index (χ0) is 16.2. The first-order valence-electron chi connectivity index (χ1n) is 6.02. The molecule has 0 saturated heterocycles. The normalized spacial score (nSPS) is 15.1. The standard InChI is InChI=1S/C11H22F3NO3Si2/c1-16-9(17-19(2,3)4)8-15-10(11(12,13)14)18-20(5,6)7/h8H,1-7H3/b9-8-,15-10?. The summed E-state index contributed by atoms with van der Waals surface area (Å²) in [6, 6.07) is 0. The van der Waals surface area contributed by atoms with Gasteiger partial charge in [-0.3, -0.25) is 0 Å². The molecule has 118 valence electrons. The lowest BCUT2D eigenvalue weighted by Crippen LogP contribution is -2.36. The summed E-state index contributed by atoms with van der Waals surface area (Å²) in [5, 5.41) is 0. The second-order valence-electron chi connectivity index (χ2n) is 6.01. The van der Waals surface area contributed by atoms with Crippen molar-refractivity contribution in [2.24, 2.45) is 4.99 Å². The van der Waals surface area contributed by atoms with E-state index in [-0.39, 0.29) is 5.95 Å². The van der Waals surface area contributed by atoms with Gasteiger partial charge in [-0.2, -0.15) is 13.2 Å². The van der Waals surface area contributed by atoms with Crippen LogP contribution in [0.15, 0.2) is 17.1 Å². The highest BCUT2D eigenvalue weighted by molar-refractivity contribution is 6.71. The highest BCUT2D eigenvalue weighted by atomic mass is 28.4. The molecule has 0 aliphatic heterocycles. The molecule has 0 aromatic heterocycles. The summed E-state index contributed by atoms with van der Waals surface area (Å²) in [6.07, 6.45) is -3.74. The maximum absolute atomic E-state index is 12.8. The molecule has 0 rings (SSSR count). The van der Waals surface area contributed by atoms with Crippen LogP contribution in [0, 0.1) is 0 Å². The number of methoxy groups -OCH3 is 1. The van der Waals surface area contributed by atoms with Crippen LogP contribution >= 0.6 is 0 Å². The summed E-state index contributed by atoms with van der Waals surface area (Å²) in [7, 11) is -3.08.